The van der Waals surface area contributed by atoms with Crippen molar-refractivity contribution in [1.29, 1.82) is 0 Å². The number of nitrogens with zero attached hydrogens (tertiary/aromatic N) is 2. The maximum Gasteiger partial charge on any atom is 0.317 e. The summed E-state index contributed by atoms with van der Waals surface area (Å²) in [6, 6.07) is 5.33. The van der Waals surface area contributed by atoms with Crippen LogP contribution in [0, 0.1) is 13.8 Å². The molecule has 1 aliphatic rings. The van der Waals surface area contributed by atoms with Gasteiger partial charge < -0.3 is 4.74 Å². The molecule has 1 saturated carbocycles. The highest BCUT2D eigenvalue weighted by Gasteiger charge is 2.27. The van der Waals surface area contributed by atoms with Gasteiger partial charge in [0.15, 0.2) is 0 Å². The lowest BCUT2D eigenvalue weighted by Crippen LogP contribution is -2.39. The molecule has 9 heteroatoms. The molecule has 2 heterocycles. The van der Waals surface area contributed by atoms with Gasteiger partial charge in [-0.2, -0.15) is 0 Å². The SMILES string of the molecule is Cc1cc(C)nc(OC2CCC(NS(=O)(=O)c3ccc(Cl)s3)CC2)n1. The lowest BCUT2D eigenvalue weighted by atomic mass is 9.94. The van der Waals surface area contributed by atoms with E-state index in [9.17, 15) is 8.42 Å². The first-order valence-electron chi connectivity index (χ1n) is 8.08. The van der Waals surface area contributed by atoms with E-state index in [1.165, 1.54) is 6.07 Å². The minimum atomic E-state index is -3.51. The molecular weight excluding hydrogens is 382 g/mol. The van der Waals surface area contributed by atoms with Gasteiger partial charge in [0.2, 0.25) is 10.0 Å². The van der Waals surface area contributed by atoms with Crippen LogP contribution in [0.1, 0.15) is 37.1 Å². The van der Waals surface area contributed by atoms with Crippen LogP contribution in [0.5, 0.6) is 6.01 Å². The number of hydrogen-bond donors (Lipinski definition) is 1. The smallest absolute Gasteiger partial charge is 0.317 e. The molecule has 1 fully saturated rings. The fourth-order valence-electron chi connectivity index (χ4n) is 2.91. The van der Waals surface area contributed by atoms with Gasteiger partial charge >= 0.3 is 6.01 Å². The molecule has 0 amide bonds. The first-order valence-corrected chi connectivity index (χ1v) is 10.8. The zero-order valence-electron chi connectivity index (χ0n) is 14.0. The predicted molar refractivity (Wildman–Crippen MR) is 97.8 cm³/mol. The number of nitrogens with one attached hydrogen (secondary N) is 1. The molecule has 1 aliphatic carbocycles. The summed E-state index contributed by atoms with van der Waals surface area (Å²) in [5.74, 6) is 0. The summed E-state index contributed by atoms with van der Waals surface area (Å²) in [6.45, 7) is 3.81. The Balaban J connectivity index is 1.55. The molecule has 0 atom stereocenters. The maximum atomic E-state index is 12.4. The summed E-state index contributed by atoms with van der Waals surface area (Å²) in [7, 11) is -3.51. The van der Waals surface area contributed by atoms with E-state index in [0.717, 1.165) is 35.6 Å². The van der Waals surface area contributed by atoms with Crippen molar-refractivity contribution >= 4 is 33.0 Å². The van der Waals surface area contributed by atoms with Gasteiger partial charge in [0.05, 0.1) is 4.34 Å². The third-order valence-electron chi connectivity index (χ3n) is 4.04. The van der Waals surface area contributed by atoms with E-state index in [1.54, 1.807) is 6.07 Å². The lowest BCUT2D eigenvalue weighted by molar-refractivity contribution is 0.131. The summed E-state index contributed by atoms with van der Waals surface area (Å²) in [4.78, 5) is 8.59. The Morgan fingerprint density at radius 1 is 1.16 bits per heavy atom. The average molecular weight is 402 g/mol. The molecule has 6 nitrogen and oxygen atoms in total. The molecule has 0 bridgehead atoms. The Morgan fingerprint density at radius 3 is 2.36 bits per heavy atom. The quantitative estimate of drug-likeness (QED) is 0.829. The van der Waals surface area contributed by atoms with Crippen LogP contribution in [0.25, 0.3) is 0 Å². The van der Waals surface area contributed by atoms with Crippen LogP contribution >= 0.6 is 22.9 Å². The molecule has 2 aromatic rings. The molecule has 0 radical (unpaired) electrons. The normalized spacial score (nSPS) is 21.2. The number of thiophene rings is 1. The van der Waals surface area contributed by atoms with Gasteiger partial charge in [-0.25, -0.2) is 23.1 Å². The van der Waals surface area contributed by atoms with Gasteiger partial charge in [-0.3, -0.25) is 0 Å². The van der Waals surface area contributed by atoms with E-state index >= 15 is 0 Å². The van der Waals surface area contributed by atoms with Crippen molar-refractivity contribution in [2.24, 2.45) is 0 Å². The van der Waals surface area contributed by atoms with E-state index in [-0.39, 0.29) is 16.4 Å². The second kappa shape index (κ2) is 7.57. The van der Waals surface area contributed by atoms with Gasteiger partial charge in [0, 0.05) is 17.4 Å². The van der Waals surface area contributed by atoms with Crippen LogP contribution in [0.4, 0.5) is 0 Å². The monoisotopic (exact) mass is 401 g/mol. The highest BCUT2D eigenvalue weighted by molar-refractivity contribution is 7.91. The Morgan fingerprint density at radius 2 is 1.80 bits per heavy atom. The summed E-state index contributed by atoms with van der Waals surface area (Å²) in [5, 5.41) is 0. The van der Waals surface area contributed by atoms with Crippen molar-refractivity contribution in [1.82, 2.24) is 14.7 Å². The third-order valence-corrected chi connectivity index (χ3v) is 7.29. The minimum absolute atomic E-state index is 0.0122. The summed E-state index contributed by atoms with van der Waals surface area (Å²) in [5.41, 5.74) is 1.75. The second-order valence-corrected chi connectivity index (χ2v) is 9.86. The summed E-state index contributed by atoms with van der Waals surface area (Å²) < 4.78 is 34.0. The zero-order chi connectivity index (χ0) is 18.0. The standard InChI is InChI=1S/C16H20ClN3O3S2/c1-10-9-11(2)19-16(18-10)23-13-5-3-12(4-6-13)20-25(21,22)15-8-7-14(17)24-15/h7-9,12-13,20H,3-6H2,1-2H3. The van der Waals surface area contributed by atoms with Crippen molar-refractivity contribution in [3.8, 4) is 6.01 Å². The van der Waals surface area contributed by atoms with Gasteiger partial charge in [-0.15, -0.1) is 11.3 Å². The predicted octanol–water partition coefficient (Wildman–Crippen LogP) is 3.48. The molecule has 1 N–H and O–H groups in total. The van der Waals surface area contributed by atoms with E-state index in [1.807, 2.05) is 19.9 Å². The van der Waals surface area contributed by atoms with Crippen LogP contribution in [-0.2, 0) is 10.0 Å². The van der Waals surface area contributed by atoms with Crippen molar-refractivity contribution in [3.63, 3.8) is 0 Å². The van der Waals surface area contributed by atoms with Crippen LogP contribution < -0.4 is 9.46 Å². The second-order valence-electron chi connectivity index (χ2n) is 6.20. The fraction of sp³-hybridized carbons (Fsp3) is 0.500. The number of aromatic nitrogens is 2. The number of aryl methyl sites for hydroxylation is 2. The summed E-state index contributed by atoms with van der Waals surface area (Å²) in [6.07, 6.45) is 2.96. The number of ether oxygens (including phenoxy) is 1. The number of halogens is 1. The first kappa shape index (κ1) is 18.6. The van der Waals surface area contributed by atoms with Crippen LogP contribution in [0.2, 0.25) is 4.34 Å². The molecule has 3 rings (SSSR count). The van der Waals surface area contributed by atoms with Crippen LogP contribution in [0.3, 0.4) is 0 Å². The minimum Gasteiger partial charge on any atom is -0.460 e. The lowest BCUT2D eigenvalue weighted by Gasteiger charge is -2.28. The highest BCUT2D eigenvalue weighted by Crippen LogP contribution is 2.28. The molecule has 2 aromatic heterocycles. The molecule has 0 aliphatic heterocycles. The Kier molecular flexibility index (Phi) is 5.62. The highest BCUT2D eigenvalue weighted by atomic mass is 35.5. The molecule has 136 valence electrons. The van der Waals surface area contributed by atoms with Gasteiger partial charge in [-0.1, -0.05) is 11.6 Å². The van der Waals surface area contributed by atoms with Crippen LogP contribution in [-0.4, -0.2) is 30.5 Å². The first-order chi connectivity index (χ1) is 11.8. The molecule has 0 saturated heterocycles. The number of rotatable bonds is 5. The van der Waals surface area contributed by atoms with E-state index < -0.39 is 10.0 Å². The zero-order valence-corrected chi connectivity index (χ0v) is 16.4. The summed E-state index contributed by atoms with van der Waals surface area (Å²) >= 11 is 6.89. The molecule has 0 spiro atoms. The molecular formula is C16H20ClN3O3S2. The molecule has 0 unspecified atom stereocenters. The average Bonchev–Trinajstić information content (AvgIpc) is 2.95. The number of hydrogen-bond acceptors (Lipinski definition) is 6. The largest absolute Gasteiger partial charge is 0.460 e. The third kappa shape index (κ3) is 4.91. The Labute approximate surface area is 156 Å². The van der Waals surface area contributed by atoms with E-state index in [4.69, 9.17) is 16.3 Å². The van der Waals surface area contributed by atoms with Crippen molar-refractivity contribution < 1.29 is 13.2 Å². The van der Waals surface area contributed by atoms with Gasteiger partial charge in [0.25, 0.3) is 0 Å². The molecule has 0 aromatic carbocycles. The van der Waals surface area contributed by atoms with Crippen molar-refractivity contribution in [3.05, 3.63) is 33.9 Å². The maximum absolute atomic E-state index is 12.4. The fourth-order valence-corrected chi connectivity index (χ4v) is 5.72. The Bertz CT molecular complexity index is 826. The number of sulfonamides is 1. The van der Waals surface area contributed by atoms with Crippen molar-refractivity contribution in [2.75, 3.05) is 0 Å². The topological polar surface area (TPSA) is 81.2 Å². The van der Waals surface area contributed by atoms with Gasteiger partial charge in [-0.05, 0) is 57.7 Å². The van der Waals surface area contributed by atoms with Crippen LogP contribution in [0.15, 0.2) is 22.4 Å². The molecule has 25 heavy (non-hydrogen) atoms. The Hall–Kier alpha value is -1.22. The van der Waals surface area contributed by atoms with E-state index in [2.05, 4.69) is 14.7 Å². The van der Waals surface area contributed by atoms with Crippen molar-refractivity contribution in [2.45, 2.75) is 55.9 Å². The van der Waals surface area contributed by atoms with E-state index in [0.29, 0.717) is 23.2 Å². The van der Waals surface area contributed by atoms with Gasteiger partial charge in [0.1, 0.15) is 10.3 Å².